The number of nitrogens with zero attached hydrogens (tertiary/aromatic N) is 1. The summed E-state index contributed by atoms with van der Waals surface area (Å²) in [5.41, 5.74) is 2.24. The highest BCUT2D eigenvalue weighted by Gasteiger charge is 2.53. The van der Waals surface area contributed by atoms with E-state index in [1.54, 1.807) is 0 Å². The van der Waals surface area contributed by atoms with E-state index in [1.807, 2.05) is 97.1 Å². The molecular formula is C37H32Br2N2O4. The Labute approximate surface area is 279 Å². The molecule has 0 radical (unpaired) electrons. The SMILES string of the molecule is O=C(NCc1cccc2ccccc12)[C@]1(Cc2ccc(Br)cc2)N=C(c2ccc(OCCCO)cc2)O[C@@H]1c1ccccc1Br. The number of fused-ring (bicyclic) bond motifs is 1. The highest BCUT2D eigenvalue weighted by atomic mass is 79.9. The Morgan fingerprint density at radius 3 is 2.40 bits per heavy atom. The van der Waals surface area contributed by atoms with E-state index >= 15 is 0 Å². The Balaban J connectivity index is 1.41. The van der Waals surface area contributed by atoms with Crippen LogP contribution in [0.2, 0.25) is 0 Å². The van der Waals surface area contributed by atoms with Gasteiger partial charge in [-0.25, -0.2) is 4.99 Å². The number of benzene rings is 5. The van der Waals surface area contributed by atoms with E-state index in [-0.39, 0.29) is 12.5 Å². The van der Waals surface area contributed by atoms with Crippen LogP contribution in [0, 0.1) is 0 Å². The first-order valence-electron chi connectivity index (χ1n) is 14.8. The normalized spacial score (nSPS) is 17.5. The highest BCUT2D eigenvalue weighted by molar-refractivity contribution is 9.10. The molecule has 0 saturated heterocycles. The van der Waals surface area contributed by atoms with Gasteiger partial charge in [0.25, 0.3) is 5.91 Å². The number of amides is 1. The largest absolute Gasteiger partial charge is 0.494 e. The fourth-order valence-corrected chi connectivity index (χ4v) is 6.39. The Morgan fingerprint density at radius 2 is 1.62 bits per heavy atom. The topological polar surface area (TPSA) is 80.2 Å². The van der Waals surface area contributed by atoms with Gasteiger partial charge < -0.3 is 19.9 Å². The average Bonchev–Trinajstić information content (AvgIpc) is 3.45. The zero-order valence-corrected chi connectivity index (χ0v) is 27.6. The molecule has 0 bridgehead atoms. The minimum atomic E-state index is -1.31. The number of carbonyl (C=O) groups excluding carboxylic acids is 1. The van der Waals surface area contributed by atoms with Crippen molar-refractivity contribution in [2.75, 3.05) is 13.2 Å². The molecule has 6 nitrogen and oxygen atoms in total. The molecule has 1 heterocycles. The molecule has 2 N–H and O–H groups in total. The van der Waals surface area contributed by atoms with E-state index in [0.717, 1.165) is 42.0 Å². The lowest BCUT2D eigenvalue weighted by Crippen LogP contribution is -2.49. The van der Waals surface area contributed by atoms with Gasteiger partial charge in [0.15, 0.2) is 11.6 Å². The number of ether oxygens (including phenoxy) is 2. The van der Waals surface area contributed by atoms with Gasteiger partial charge in [0.1, 0.15) is 5.75 Å². The molecule has 0 unspecified atom stereocenters. The van der Waals surface area contributed by atoms with Crippen molar-refractivity contribution in [2.45, 2.75) is 31.0 Å². The molecule has 1 aliphatic heterocycles. The van der Waals surface area contributed by atoms with Crippen molar-refractivity contribution >= 4 is 54.4 Å². The number of aliphatic imine (C=N–C) groups is 1. The summed E-state index contributed by atoms with van der Waals surface area (Å²) in [5, 5.41) is 14.5. The lowest BCUT2D eigenvalue weighted by Gasteiger charge is -2.31. The number of aliphatic hydroxyl groups is 1. The van der Waals surface area contributed by atoms with E-state index < -0.39 is 11.6 Å². The molecule has 1 aliphatic rings. The zero-order valence-electron chi connectivity index (χ0n) is 24.5. The third-order valence-electron chi connectivity index (χ3n) is 7.92. The predicted octanol–water partition coefficient (Wildman–Crippen LogP) is 7.94. The van der Waals surface area contributed by atoms with Gasteiger partial charge in [0, 0.05) is 46.1 Å². The number of carbonyl (C=O) groups is 1. The van der Waals surface area contributed by atoms with Crippen LogP contribution in [0.4, 0.5) is 0 Å². The van der Waals surface area contributed by atoms with Gasteiger partial charge in [0.05, 0.1) is 6.61 Å². The molecule has 6 rings (SSSR count). The van der Waals surface area contributed by atoms with Crippen LogP contribution < -0.4 is 10.1 Å². The van der Waals surface area contributed by atoms with Crippen LogP contribution in [0.3, 0.4) is 0 Å². The summed E-state index contributed by atoms with van der Waals surface area (Å²) < 4.78 is 14.2. The molecule has 0 spiro atoms. The fraction of sp³-hybridized carbons (Fsp3) is 0.189. The summed E-state index contributed by atoms with van der Waals surface area (Å²) in [6.07, 6.45) is 0.164. The Kier molecular flexibility index (Phi) is 9.64. The molecule has 2 atom stereocenters. The van der Waals surface area contributed by atoms with Crippen LogP contribution in [-0.2, 0) is 22.5 Å². The summed E-state index contributed by atoms with van der Waals surface area (Å²) in [4.78, 5) is 19.8. The first-order chi connectivity index (χ1) is 22.0. The van der Waals surface area contributed by atoms with Crippen LogP contribution in [0.5, 0.6) is 5.75 Å². The van der Waals surface area contributed by atoms with Gasteiger partial charge in [-0.2, -0.15) is 0 Å². The molecule has 1 amide bonds. The second kappa shape index (κ2) is 14.0. The minimum absolute atomic E-state index is 0.0716. The molecule has 0 aromatic heterocycles. The van der Waals surface area contributed by atoms with E-state index in [9.17, 15) is 4.79 Å². The molecule has 45 heavy (non-hydrogen) atoms. The first kappa shape index (κ1) is 31.0. The maximum Gasteiger partial charge on any atom is 0.252 e. The number of rotatable bonds is 11. The Hall–Kier alpha value is -3.98. The van der Waals surface area contributed by atoms with Gasteiger partial charge >= 0.3 is 0 Å². The highest BCUT2D eigenvalue weighted by Crippen LogP contribution is 2.44. The first-order valence-corrected chi connectivity index (χ1v) is 16.4. The number of hydrogen-bond donors (Lipinski definition) is 2. The van der Waals surface area contributed by atoms with Crippen molar-refractivity contribution < 1.29 is 19.4 Å². The predicted molar refractivity (Wildman–Crippen MR) is 185 cm³/mol. The Morgan fingerprint density at radius 1 is 0.889 bits per heavy atom. The third-order valence-corrected chi connectivity index (χ3v) is 9.17. The summed E-state index contributed by atoms with van der Waals surface area (Å²) in [7, 11) is 0. The second-order valence-corrected chi connectivity index (χ2v) is 12.7. The van der Waals surface area contributed by atoms with Crippen LogP contribution in [0.15, 0.2) is 129 Å². The van der Waals surface area contributed by atoms with Crippen LogP contribution in [0.1, 0.15) is 34.8 Å². The third kappa shape index (κ3) is 6.83. The lowest BCUT2D eigenvalue weighted by atomic mass is 9.82. The van der Waals surface area contributed by atoms with Gasteiger partial charge in [0.2, 0.25) is 5.90 Å². The lowest BCUT2D eigenvalue weighted by molar-refractivity contribution is -0.129. The monoisotopic (exact) mass is 726 g/mol. The number of nitrogens with one attached hydrogen (secondary N) is 1. The maximum absolute atomic E-state index is 14.7. The van der Waals surface area contributed by atoms with Crippen LogP contribution in [0.25, 0.3) is 10.8 Å². The molecule has 0 saturated carbocycles. The van der Waals surface area contributed by atoms with Gasteiger partial charge in [-0.1, -0.05) is 105 Å². The van der Waals surface area contributed by atoms with E-state index in [1.165, 1.54) is 0 Å². The average molecular weight is 728 g/mol. The standard InChI is InChI=1S/C37H32Br2N2O4/c38-29-17-13-25(14-18-29)23-37(36(43)40-24-28-9-5-8-26-7-1-2-10-31(26)28)34(32-11-3-4-12-33(32)39)45-35(41-37)27-15-19-30(20-16-27)44-22-6-21-42/h1-5,7-20,34,42H,6,21-24H2,(H,40,43)/t34-,37-/m1/s1. The molecule has 0 aliphatic carbocycles. The van der Waals surface area contributed by atoms with Crippen molar-refractivity contribution in [1.82, 2.24) is 5.32 Å². The summed E-state index contributed by atoms with van der Waals surface area (Å²) in [6.45, 7) is 0.836. The van der Waals surface area contributed by atoms with E-state index in [0.29, 0.717) is 37.6 Å². The van der Waals surface area contributed by atoms with Gasteiger partial charge in [-0.15, -0.1) is 0 Å². The van der Waals surface area contributed by atoms with Crippen LogP contribution in [-0.4, -0.2) is 35.7 Å². The van der Waals surface area contributed by atoms with E-state index in [4.69, 9.17) is 19.6 Å². The molecule has 5 aromatic carbocycles. The number of halogens is 2. The quantitative estimate of drug-likeness (QED) is 0.136. The van der Waals surface area contributed by atoms with Crippen LogP contribution >= 0.6 is 31.9 Å². The summed E-state index contributed by atoms with van der Waals surface area (Å²) in [5.74, 6) is 0.843. The zero-order chi connectivity index (χ0) is 31.2. The number of aliphatic hydroxyl groups excluding tert-OH is 1. The minimum Gasteiger partial charge on any atom is -0.494 e. The summed E-state index contributed by atoms with van der Waals surface area (Å²) in [6, 6.07) is 37.5. The molecule has 8 heteroatoms. The fourth-order valence-electron chi connectivity index (χ4n) is 5.64. The summed E-state index contributed by atoms with van der Waals surface area (Å²) >= 11 is 7.25. The van der Waals surface area contributed by atoms with Crippen molar-refractivity contribution in [3.05, 3.63) is 146 Å². The van der Waals surface area contributed by atoms with Gasteiger partial charge in [-0.3, -0.25) is 4.79 Å². The smallest absolute Gasteiger partial charge is 0.252 e. The molecule has 5 aromatic rings. The molecule has 0 fully saturated rings. The maximum atomic E-state index is 14.7. The van der Waals surface area contributed by atoms with Gasteiger partial charge in [-0.05, 0) is 64.4 Å². The number of hydrogen-bond acceptors (Lipinski definition) is 5. The molecule has 228 valence electrons. The van der Waals surface area contributed by atoms with E-state index in [2.05, 4.69) is 55.4 Å². The van der Waals surface area contributed by atoms with Crippen molar-refractivity contribution in [3.8, 4) is 5.75 Å². The molecular weight excluding hydrogens is 696 g/mol. The second-order valence-electron chi connectivity index (χ2n) is 10.9. The Bertz CT molecular complexity index is 1820. The van der Waals surface area contributed by atoms with Crippen molar-refractivity contribution in [2.24, 2.45) is 4.99 Å². The van der Waals surface area contributed by atoms with Crippen molar-refractivity contribution in [3.63, 3.8) is 0 Å². The van der Waals surface area contributed by atoms with Crippen molar-refractivity contribution in [1.29, 1.82) is 0 Å².